The van der Waals surface area contributed by atoms with Crippen molar-refractivity contribution >= 4 is 9.84 Å². The van der Waals surface area contributed by atoms with Crippen molar-refractivity contribution in [2.24, 2.45) is 0 Å². The highest BCUT2D eigenvalue weighted by Gasteiger charge is 2.23. The molecule has 0 bridgehead atoms. The minimum Gasteiger partial charge on any atom is -0.300 e. The lowest BCUT2D eigenvalue weighted by Gasteiger charge is -2.27. The van der Waals surface area contributed by atoms with Crippen LogP contribution in [0, 0.1) is 0 Å². The third-order valence-electron chi connectivity index (χ3n) is 5.70. The fourth-order valence-corrected chi connectivity index (χ4v) is 5.01. The highest BCUT2D eigenvalue weighted by Crippen LogP contribution is 2.36. The number of rotatable bonds is 7. The molecule has 2 atom stereocenters. The van der Waals surface area contributed by atoms with Crippen LogP contribution in [0.2, 0.25) is 0 Å². The zero-order valence-corrected chi connectivity index (χ0v) is 19.1. The Kier molecular flexibility index (Phi) is 6.54. The molecule has 0 aliphatic rings. The van der Waals surface area contributed by atoms with Crippen LogP contribution in [0.15, 0.2) is 114 Å². The van der Waals surface area contributed by atoms with E-state index in [2.05, 4.69) is 42.6 Å². The van der Waals surface area contributed by atoms with Gasteiger partial charge in [-0.3, -0.25) is 5.32 Å². The Labute approximate surface area is 190 Å². The van der Waals surface area contributed by atoms with Gasteiger partial charge < -0.3 is 0 Å². The summed E-state index contributed by atoms with van der Waals surface area (Å²) in [6, 6.07) is 35.9. The van der Waals surface area contributed by atoms with E-state index in [0.717, 1.165) is 22.3 Å². The molecule has 0 aliphatic carbocycles. The molecule has 162 valence electrons. The molecule has 0 saturated heterocycles. The van der Waals surface area contributed by atoms with Gasteiger partial charge in [-0.15, -0.1) is 0 Å². The predicted molar refractivity (Wildman–Crippen MR) is 131 cm³/mol. The van der Waals surface area contributed by atoms with E-state index in [-0.39, 0.29) is 12.1 Å². The lowest BCUT2D eigenvalue weighted by Crippen LogP contribution is -2.26. The molecule has 0 spiro atoms. The van der Waals surface area contributed by atoms with Crippen molar-refractivity contribution < 1.29 is 8.42 Å². The lowest BCUT2D eigenvalue weighted by molar-refractivity contribution is 0.517. The van der Waals surface area contributed by atoms with Gasteiger partial charge in [-0.1, -0.05) is 103 Å². The molecular formula is C28H27NO2S. The van der Waals surface area contributed by atoms with E-state index >= 15 is 0 Å². The Hall–Kier alpha value is -3.21. The fourth-order valence-electron chi connectivity index (χ4n) is 4.11. The number of hydrogen-bond acceptors (Lipinski definition) is 3. The molecule has 1 N–H and O–H groups in total. The van der Waals surface area contributed by atoms with Crippen LogP contribution in [0.4, 0.5) is 0 Å². The topological polar surface area (TPSA) is 46.2 Å². The molecule has 0 amide bonds. The van der Waals surface area contributed by atoms with Crippen molar-refractivity contribution in [3.05, 3.63) is 126 Å². The normalized spacial score (nSPS) is 13.4. The summed E-state index contributed by atoms with van der Waals surface area (Å²) in [7, 11) is -3.38. The van der Waals surface area contributed by atoms with E-state index in [0.29, 0.717) is 4.90 Å². The molecule has 0 saturated carbocycles. The van der Waals surface area contributed by atoms with E-state index < -0.39 is 9.84 Å². The summed E-state index contributed by atoms with van der Waals surface area (Å²) in [5, 5.41) is 3.78. The van der Waals surface area contributed by atoms with Gasteiger partial charge in [-0.05, 0) is 35.2 Å². The predicted octanol–water partition coefficient (Wildman–Crippen LogP) is 6.20. The molecule has 0 fully saturated rings. The van der Waals surface area contributed by atoms with E-state index in [1.165, 1.54) is 11.8 Å². The standard InChI is InChI=1S/C28H27NO2S/c1-21(22-13-5-3-6-14-22)29-28(23-15-7-4-8-16-23)26-19-10-9-17-24(26)25-18-11-12-20-27(25)32(2,30)31/h3-21,28-29H,1-2H3. The van der Waals surface area contributed by atoms with Crippen LogP contribution >= 0.6 is 0 Å². The van der Waals surface area contributed by atoms with Gasteiger partial charge in [0.25, 0.3) is 0 Å². The van der Waals surface area contributed by atoms with Gasteiger partial charge in [0.05, 0.1) is 10.9 Å². The molecule has 4 heteroatoms. The molecule has 0 heterocycles. The minimum atomic E-state index is -3.38. The Morgan fingerprint density at radius 2 is 1.12 bits per heavy atom. The highest BCUT2D eigenvalue weighted by molar-refractivity contribution is 7.90. The molecule has 4 aromatic rings. The molecule has 0 aliphatic heterocycles. The average Bonchev–Trinajstić information content (AvgIpc) is 2.83. The van der Waals surface area contributed by atoms with Crippen molar-refractivity contribution in [1.29, 1.82) is 0 Å². The summed E-state index contributed by atoms with van der Waals surface area (Å²) < 4.78 is 25.1. The Morgan fingerprint density at radius 1 is 0.625 bits per heavy atom. The van der Waals surface area contributed by atoms with E-state index in [9.17, 15) is 8.42 Å². The molecule has 32 heavy (non-hydrogen) atoms. The molecule has 0 aromatic heterocycles. The first-order chi connectivity index (χ1) is 15.4. The van der Waals surface area contributed by atoms with Crippen LogP contribution in [-0.4, -0.2) is 14.7 Å². The molecule has 3 nitrogen and oxygen atoms in total. The highest BCUT2D eigenvalue weighted by atomic mass is 32.2. The first kappa shape index (κ1) is 22.0. The van der Waals surface area contributed by atoms with Crippen molar-refractivity contribution in [1.82, 2.24) is 5.32 Å². The smallest absolute Gasteiger partial charge is 0.176 e. The van der Waals surface area contributed by atoms with E-state index in [1.54, 1.807) is 12.1 Å². The monoisotopic (exact) mass is 441 g/mol. The quantitative estimate of drug-likeness (QED) is 0.371. The van der Waals surface area contributed by atoms with Gasteiger partial charge in [-0.2, -0.15) is 0 Å². The Bertz CT molecular complexity index is 1290. The summed E-state index contributed by atoms with van der Waals surface area (Å²) in [6.07, 6.45) is 1.26. The Balaban J connectivity index is 1.86. The van der Waals surface area contributed by atoms with Gasteiger partial charge in [0.2, 0.25) is 0 Å². The number of nitrogens with one attached hydrogen (secondary N) is 1. The number of benzene rings is 4. The maximum atomic E-state index is 12.5. The second-order valence-corrected chi connectivity index (χ2v) is 9.98. The van der Waals surface area contributed by atoms with Crippen molar-refractivity contribution in [2.75, 3.05) is 6.26 Å². The second kappa shape index (κ2) is 9.51. The van der Waals surface area contributed by atoms with E-state index in [1.807, 2.05) is 66.7 Å². The lowest BCUT2D eigenvalue weighted by atomic mass is 9.90. The van der Waals surface area contributed by atoms with Gasteiger partial charge in [0.1, 0.15) is 0 Å². The number of hydrogen-bond donors (Lipinski definition) is 1. The maximum Gasteiger partial charge on any atom is 0.176 e. The summed E-state index contributed by atoms with van der Waals surface area (Å²) in [6.45, 7) is 2.15. The number of sulfone groups is 1. The van der Waals surface area contributed by atoms with Crippen molar-refractivity contribution in [3.8, 4) is 11.1 Å². The van der Waals surface area contributed by atoms with Gasteiger partial charge in [0, 0.05) is 17.9 Å². The molecule has 4 aromatic carbocycles. The third kappa shape index (κ3) is 4.82. The minimum absolute atomic E-state index is 0.0969. The van der Waals surface area contributed by atoms with Gasteiger partial charge >= 0.3 is 0 Å². The van der Waals surface area contributed by atoms with Crippen molar-refractivity contribution in [2.45, 2.75) is 23.9 Å². The van der Waals surface area contributed by atoms with Crippen LogP contribution in [0.25, 0.3) is 11.1 Å². The SMILES string of the molecule is CC(NC(c1ccccc1)c1ccccc1-c1ccccc1S(C)(=O)=O)c1ccccc1. The third-order valence-corrected chi connectivity index (χ3v) is 6.85. The van der Waals surface area contributed by atoms with Crippen LogP contribution in [0.3, 0.4) is 0 Å². The summed E-state index contributed by atoms with van der Waals surface area (Å²) >= 11 is 0. The molecule has 2 unspecified atom stereocenters. The van der Waals surface area contributed by atoms with Crippen molar-refractivity contribution in [3.63, 3.8) is 0 Å². The van der Waals surface area contributed by atoms with E-state index in [4.69, 9.17) is 0 Å². The van der Waals surface area contributed by atoms with Gasteiger partial charge in [0.15, 0.2) is 9.84 Å². The molecule has 4 rings (SSSR count). The maximum absolute atomic E-state index is 12.5. The van der Waals surface area contributed by atoms with Gasteiger partial charge in [-0.25, -0.2) is 8.42 Å². The molecule has 0 radical (unpaired) electrons. The zero-order chi connectivity index (χ0) is 22.6. The van der Waals surface area contributed by atoms with Crippen LogP contribution in [0.5, 0.6) is 0 Å². The van der Waals surface area contributed by atoms with Crippen LogP contribution in [0.1, 0.15) is 35.7 Å². The van der Waals surface area contributed by atoms with Crippen LogP contribution in [-0.2, 0) is 9.84 Å². The Morgan fingerprint density at radius 3 is 1.75 bits per heavy atom. The second-order valence-electron chi connectivity index (χ2n) is 8.00. The molecular weight excluding hydrogens is 414 g/mol. The summed E-state index contributed by atoms with van der Waals surface area (Å²) in [4.78, 5) is 0.343. The summed E-state index contributed by atoms with van der Waals surface area (Å²) in [5.74, 6) is 0. The zero-order valence-electron chi connectivity index (χ0n) is 18.3. The average molecular weight is 442 g/mol. The first-order valence-corrected chi connectivity index (χ1v) is 12.6. The summed E-state index contributed by atoms with van der Waals surface area (Å²) in [5.41, 5.74) is 5.00. The largest absolute Gasteiger partial charge is 0.300 e. The first-order valence-electron chi connectivity index (χ1n) is 10.7. The fraction of sp³-hybridized carbons (Fsp3) is 0.143. The van der Waals surface area contributed by atoms with Crippen LogP contribution < -0.4 is 5.32 Å².